The normalized spacial score (nSPS) is 10.8. The zero-order chi connectivity index (χ0) is 12.3. The Bertz CT molecular complexity index is 505. The van der Waals surface area contributed by atoms with Gasteiger partial charge in [-0.15, -0.1) is 0 Å². The minimum absolute atomic E-state index is 0.725. The lowest BCUT2D eigenvalue weighted by Crippen LogP contribution is -2.14. The fourth-order valence-corrected chi connectivity index (χ4v) is 2.04. The summed E-state index contributed by atoms with van der Waals surface area (Å²) in [6.45, 7) is 5.79. The van der Waals surface area contributed by atoms with Gasteiger partial charge < -0.3 is 5.32 Å². The molecule has 0 atom stereocenters. The van der Waals surface area contributed by atoms with Gasteiger partial charge in [0.05, 0.1) is 16.4 Å². The number of aryl methyl sites for hydroxylation is 1. The summed E-state index contributed by atoms with van der Waals surface area (Å²) in [5.74, 6) is 0. The highest BCUT2D eigenvalue weighted by Crippen LogP contribution is 2.24. The molecule has 1 aromatic heterocycles. The molecular weight excluding hydrogens is 234 g/mol. The zero-order valence-electron chi connectivity index (χ0n) is 10.1. The molecule has 0 amide bonds. The van der Waals surface area contributed by atoms with E-state index in [1.54, 1.807) is 0 Å². The molecule has 0 unspecified atom stereocenters. The van der Waals surface area contributed by atoms with Gasteiger partial charge in [0.15, 0.2) is 0 Å². The van der Waals surface area contributed by atoms with E-state index in [2.05, 4.69) is 23.4 Å². The van der Waals surface area contributed by atoms with Crippen LogP contribution < -0.4 is 5.32 Å². The van der Waals surface area contributed by atoms with Crippen molar-refractivity contribution >= 4 is 11.6 Å². The van der Waals surface area contributed by atoms with E-state index < -0.39 is 0 Å². The Morgan fingerprint density at radius 3 is 2.82 bits per heavy atom. The summed E-state index contributed by atoms with van der Waals surface area (Å²) in [5, 5.41) is 8.45. The Balaban J connectivity index is 2.43. The van der Waals surface area contributed by atoms with Gasteiger partial charge >= 0.3 is 0 Å². The van der Waals surface area contributed by atoms with E-state index in [1.807, 2.05) is 36.0 Å². The predicted molar refractivity (Wildman–Crippen MR) is 70.7 cm³/mol. The van der Waals surface area contributed by atoms with Crippen LogP contribution in [0, 0.1) is 6.92 Å². The van der Waals surface area contributed by atoms with E-state index in [-0.39, 0.29) is 0 Å². The first-order valence-electron chi connectivity index (χ1n) is 5.73. The Hall–Kier alpha value is -1.32. The van der Waals surface area contributed by atoms with Gasteiger partial charge in [0.1, 0.15) is 0 Å². The van der Waals surface area contributed by atoms with E-state index in [9.17, 15) is 0 Å². The Morgan fingerprint density at radius 2 is 2.18 bits per heavy atom. The van der Waals surface area contributed by atoms with Crippen LogP contribution in [0.15, 0.2) is 30.5 Å². The van der Waals surface area contributed by atoms with Gasteiger partial charge in [-0.25, -0.2) is 4.68 Å². The van der Waals surface area contributed by atoms with Crippen molar-refractivity contribution < 1.29 is 0 Å². The van der Waals surface area contributed by atoms with Crippen LogP contribution in [0.5, 0.6) is 0 Å². The average Bonchev–Trinajstić information content (AvgIpc) is 2.73. The summed E-state index contributed by atoms with van der Waals surface area (Å²) in [6.07, 6.45) is 1.94. The first-order chi connectivity index (χ1) is 8.22. The molecule has 1 heterocycles. The summed E-state index contributed by atoms with van der Waals surface area (Å²) >= 11 is 6.26. The van der Waals surface area contributed by atoms with Gasteiger partial charge in [0, 0.05) is 12.7 Å². The first kappa shape index (κ1) is 12.1. The van der Waals surface area contributed by atoms with E-state index in [0.29, 0.717) is 0 Å². The van der Waals surface area contributed by atoms with Crippen molar-refractivity contribution in [1.82, 2.24) is 15.1 Å². The Morgan fingerprint density at radius 1 is 1.35 bits per heavy atom. The Labute approximate surface area is 106 Å². The molecule has 3 nitrogen and oxygen atoms in total. The standard InChI is InChI=1S/C13H16ClN3/c1-3-15-9-11-5-4-6-12(14)13(11)17-8-7-10(2)16-17/h4-8,15H,3,9H2,1-2H3. The van der Waals surface area contributed by atoms with Gasteiger partial charge in [0.2, 0.25) is 0 Å². The lowest BCUT2D eigenvalue weighted by atomic mass is 10.1. The maximum atomic E-state index is 6.26. The molecule has 0 aliphatic rings. The predicted octanol–water partition coefficient (Wildman–Crippen LogP) is 2.94. The van der Waals surface area contributed by atoms with Crippen molar-refractivity contribution in [1.29, 1.82) is 0 Å². The third kappa shape index (κ3) is 2.68. The quantitative estimate of drug-likeness (QED) is 0.903. The van der Waals surface area contributed by atoms with Crippen molar-refractivity contribution in [2.24, 2.45) is 0 Å². The number of benzene rings is 1. The van der Waals surface area contributed by atoms with E-state index in [4.69, 9.17) is 11.6 Å². The smallest absolute Gasteiger partial charge is 0.0876 e. The van der Waals surface area contributed by atoms with Crippen LogP contribution in [0.25, 0.3) is 5.69 Å². The summed E-state index contributed by atoms with van der Waals surface area (Å²) < 4.78 is 1.84. The van der Waals surface area contributed by atoms with Crippen LogP contribution in [0.4, 0.5) is 0 Å². The number of hydrogen-bond acceptors (Lipinski definition) is 2. The molecule has 2 aromatic rings. The maximum Gasteiger partial charge on any atom is 0.0876 e. The molecule has 1 N–H and O–H groups in total. The number of nitrogens with zero attached hydrogens (tertiary/aromatic N) is 2. The molecule has 0 spiro atoms. The maximum absolute atomic E-state index is 6.26. The van der Waals surface area contributed by atoms with Crippen molar-refractivity contribution in [2.75, 3.05) is 6.54 Å². The van der Waals surface area contributed by atoms with Gasteiger partial charge in [-0.3, -0.25) is 0 Å². The minimum Gasteiger partial charge on any atom is -0.313 e. The van der Waals surface area contributed by atoms with Crippen LogP contribution in [0.1, 0.15) is 18.2 Å². The molecular formula is C13H16ClN3. The lowest BCUT2D eigenvalue weighted by molar-refractivity contribution is 0.716. The molecule has 0 radical (unpaired) electrons. The Kier molecular flexibility index (Phi) is 3.82. The molecule has 90 valence electrons. The SMILES string of the molecule is CCNCc1cccc(Cl)c1-n1ccc(C)n1. The highest BCUT2D eigenvalue weighted by Gasteiger charge is 2.09. The molecule has 0 bridgehead atoms. The molecule has 0 saturated carbocycles. The van der Waals surface area contributed by atoms with Gasteiger partial charge in [-0.2, -0.15) is 5.10 Å². The van der Waals surface area contributed by atoms with Crippen molar-refractivity contribution in [3.8, 4) is 5.69 Å². The van der Waals surface area contributed by atoms with E-state index in [1.165, 1.54) is 0 Å². The summed E-state index contributed by atoms with van der Waals surface area (Å²) in [5.41, 5.74) is 3.10. The molecule has 0 aliphatic heterocycles. The second-order valence-corrected chi connectivity index (χ2v) is 4.34. The highest BCUT2D eigenvalue weighted by atomic mass is 35.5. The number of nitrogens with one attached hydrogen (secondary N) is 1. The molecule has 4 heteroatoms. The summed E-state index contributed by atoms with van der Waals surface area (Å²) in [4.78, 5) is 0. The molecule has 0 saturated heterocycles. The molecule has 1 aromatic carbocycles. The number of rotatable bonds is 4. The topological polar surface area (TPSA) is 29.9 Å². The van der Waals surface area contributed by atoms with Crippen LogP contribution in [-0.4, -0.2) is 16.3 Å². The van der Waals surface area contributed by atoms with Crippen molar-refractivity contribution in [2.45, 2.75) is 20.4 Å². The first-order valence-corrected chi connectivity index (χ1v) is 6.11. The molecule has 0 fully saturated rings. The number of hydrogen-bond donors (Lipinski definition) is 1. The minimum atomic E-state index is 0.725. The molecule has 17 heavy (non-hydrogen) atoms. The number of aromatic nitrogens is 2. The largest absolute Gasteiger partial charge is 0.313 e. The van der Waals surface area contributed by atoms with E-state index in [0.717, 1.165) is 35.1 Å². The highest BCUT2D eigenvalue weighted by molar-refractivity contribution is 6.32. The van der Waals surface area contributed by atoms with Crippen LogP contribution in [-0.2, 0) is 6.54 Å². The van der Waals surface area contributed by atoms with Crippen LogP contribution >= 0.6 is 11.6 Å². The van der Waals surface area contributed by atoms with Crippen molar-refractivity contribution in [3.05, 3.63) is 46.7 Å². The lowest BCUT2D eigenvalue weighted by Gasteiger charge is -2.11. The molecule has 0 aliphatic carbocycles. The third-order valence-corrected chi connectivity index (χ3v) is 2.89. The van der Waals surface area contributed by atoms with Gasteiger partial charge in [-0.05, 0) is 31.2 Å². The van der Waals surface area contributed by atoms with E-state index >= 15 is 0 Å². The summed E-state index contributed by atoms with van der Waals surface area (Å²) in [6, 6.07) is 7.90. The van der Waals surface area contributed by atoms with Crippen LogP contribution in [0.3, 0.4) is 0 Å². The third-order valence-electron chi connectivity index (χ3n) is 2.59. The average molecular weight is 250 g/mol. The van der Waals surface area contributed by atoms with Gasteiger partial charge in [-0.1, -0.05) is 30.7 Å². The van der Waals surface area contributed by atoms with Crippen molar-refractivity contribution in [3.63, 3.8) is 0 Å². The van der Waals surface area contributed by atoms with Crippen LogP contribution in [0.2, 0.25) is 5.02 Å². The fraction of sp³-hybridized carbons (Fsp3) is 0.308. The van der Waals surface area contributed by atoms with Gasteiger partial charge in [0.25, 0.3) is 0 Å². The zero-order valence-corrected chi connectivity index (χ0v) is 10.8. The molecule has 2 rings (SSSR count). The number of halogens is 1. The summed E-state index contributed by atoms with van der Waals surface area (Å²) in [7, 11) is 0. The second-order valence-electron chi connectivity index (χ2n) is 3.93. The number of para-hydroxylation sites is 1. The monoisotopic (exact) mass is 249 g/mol. The second kappa shape index (κ2) is 5.34. The fourth-order valence-electron chi connectivity index (χ4n) is 1.76.